The standard InChI is InChI=1S/C11H18N4O3/c1-11(2,3)18-10(17)14(4)8-6-7(9(12)16)15(5)13-8/h6H,1-5H3,(H2,12,16). The molecule has 0 aliphatic heterocycles. The van der Waals surface area contributed by atoms with Gasteiger partial charge in [0.1, 0.15) is 11.3 Å². The zero-order valence-corrected chi connectivity index (χ0v) is 11.2. The lowest BCUT2D eigenvalue weighted by molar-refractivity contribution is 0.0588. The summed E-state index contributed by atoms with van der Waals surface area (Å²) >= 11 is 0. The molecule has 2 N–H and O–H groups in total. The fraction of sp³-hybridized carbons (Fsp3) is 0.545. The van der Waals surface area contributed by atoms with Crippen LogP contribution in [0.4, 0.5) is 10.6 Å². The molecule has 0 atom stereocenters. The van der Waals surface area contributed by atoms with E-state index in [0.29, 0.717) is 5.82 Å². The van der Waals surface area contributed by atoms with Crippen LogP contribution in [0.25, 0.3) is 0 Å². The Morgan fingerprint density at radius 2 is 2.00 bits per heavy atom. The number of ether oxygens (including phenoxy) is 1. The average Bonchev–Trinajstić information content (AvgIpc) is 2.56. The highest BCUT2D eigenvalue weighted by molar-refractivity contribution is 5.93. The summed E-state index contributed by atoms with van der Waals surface area (Å²) in [5.74, 6) is -0.297. The molecule has 1 heterocycles. The molecule has 0 saturated heterocycles. The largest absolute Gasteiger partial charge is 0.443 e. The fourth-order valence-corrected chi connectivity index (χ4v) is 1.27. The Labute approximate surface area is 105 Å². The quantitative estimate of drug-likeness (QED) is 0.848. The second kappa shape index (κ2) is 4.67. The number of aromatic nitrogens is 2. The maximum absolute atomic E-state index is 11.8. The highest BCUT2D eigenvalue weighted by atomic mass is 16.6. The molecular weight excluding hydrogens is 236 g/mol. The molecule has 0 spiro atoms. The van der Waals surface area contributed by atoms with Gasteiger partial charge in [0.05, 0.1) is 0 Å². The molecule has 7 nitrogen and oxygen atoms in total. The summed E-state index contributed by atoms with van der Waals surface area (Å²) in [5.41, 5.74) is 4.80. The highest BCUT2D eigenvalue weighted by Gasteiger charge is 2.23. The minimum absolute atomic E-state index is 0.223. The summed E-state index contributed by atoms with van der Waals surface area (Å²) in [4.78, 5) is 24.1. The maximum atomic E-state index is 11.8. The molecule has 2 amide bonds. The number of nitrogens with zero attached hydrogens (tertiary/aromatic N) is 3. The Bertz CT molecular complexity index is 473. The Morgan fingerprint density at radius 3 is 2.39 bits per heavy atom. The van der Waals surface area contributed by atoms with Crippen LogP contribution in [0.5, 0.6) is 0 Å². The van der Waals surface area contributed by atoms with E-state index in [1.54, 1.807) is 27.8 Å². The topological polar surface area (TPSA) is 90.5 Å². The molecule has 1 rings (SSSR count). The third kappa shape index (κ3) is 3.22. The number of carbonyl (C=O) groups is 2. The molecule has 0 aliphatic carbocycles. The van der Waals surface area contributed by atoms with Gasteiger partial charge in [-0.15, -0.1) is 0 Å². The number of hydrogen-bond acceptors (Lipinski definition) is 4. The summed E-state index contributed by atoms with van der Waals surface area (Å²) in [7, 11) is 3.09. The predicted octanol–water partition coefficient (Wildman–Crippen LogP) is 0.890. The Morgan fingerprint density at radius 1 is 1.44 bits per heavy atom. The van der Waals surface area contributed by atoms with Crippen molar-refractivity contribution >= 4 is 17.8 Å². The molecule has 1 aromatic heterocycles. The van der Waals surface area contributed by atoms with Gasteiger partial charge in [-0.3, -0.25) is 14.4 Å². The zero-order chi connectivity index (χ0) is 14.1. The van der Waals surface area contributed by atoms with E-state index in [-0.39, 0.29) is 5.69 Å². The number of hydrogen-bond donors (Lipinski definition) is 1. The van der Waals surface area contributed by atoms with Gasteiger partial charge in [0.2, 0.25) is 0 Å². The lowest BCUT2D eigenvalue weighted by Gasteiger charge is -2.23. The number of amides is 2. The molecule has 0 radical (unpaired) electrons. The Balaban J connectivity index is 2.91. The minimum atomic E-state index is -0.603. The first-order valence-electron chi connectivity index (χ1n) is 5.42. The van der Waals surface area contributed by atoms with E-state index in [9.17, 15) is 9.59 Å². The number of nitrogens with two attached hydrogens (primary N) is 1. The summed E-state index contributed by atoms with van der Waals surface area (Å²) < 4.78 is 6.50. The molecule has 1 aromatic rings. The normalized spacial score (nSPS) is 11.2. The van der Waals surface area contributed by atoms with Crippen LogP contribution in [0, 0.1) is 0 Å². The fourth-order valence-electron chi connectivity index (χ4n) is 1.27. The van der Waals surface area contributed by atoms with E-state index >= 15 is 0 Å². The number of anilines is 1. The Kier molecular flexibility index (Phi) is 3.64. The van der Waals surface area contributed by atoms with E-state index in [1.165, 1.54) is 22.7 Å². The molecule has 18 heavy (non-hydrogen) atoms. The molecule has 100 valence electrons. The van der Waals surface area contributed by atoms with Crippen molar-refractivity contribution in [1.82, 2.24) is 9.78 Å². The van der Waals surface area contributed by atoms with Crippen molar-refractivity contribution in [3.05, 3.63) is 11.8 Å². The van der Waals surface area contributed by atoms with Crippen LogP contribution in [0.3, 0.4) is 0 Å². The van der Waals surface area contributed by atoms with Gasteiger partial charge >= 0.3 is 6.09 Å². The summed E-state index contributed by atoms with van der Waals surface area (Å²) in [6.45, 7) is 5.31. The van der Waals surface area contributed by atoms with E-state index < -0.39 is 17.6 Å². The van der Waals surface area contributed by atoms with E-state index in [2.05, 4.69) is 5.10 Å². The van der Waals surface area contributed by atoms with Crippen molar-refractivity contribution in [2.75, 3.05) is 11.9 Å². The molecule has 7 heteroatoms. The van der Waals surface area contributed by atoms with Crippen molar-refractivity contribution in [3.63, 3.8) is 0 Å². The number of aryl methyl sites for hydroxylation is 1. The summed E-state index contributed by atoms with van der Waals surface area (Å²) in [6.07, 6.45) is -0.545. The van der Waals surface area contributed by atoms with Crippen LogP contribution in [-0.4, -0.2) is 34.4 Å². The first kappa shape index (κ1) is 14.0. The third-order valence-corrected chi connectivity index (χ3v) is 2.13. The zero-order valence-electron chi connectivity index (χ0n) is 11.2. The van der Waals surface area contributed by atoms with Crippen LogP contribution < -0.4 is 10.6 Å². The van der Waals surface area contributed by atoms with Crippen LogP contribution in [0.2, 0.25) is 0 Å². The first-order valence-corrected chi connectivity index (χ1v) is 5.42. The van der Waals surface area contributed by atoms with Gasteiger partial charge in [0.15, 0.2) is 5.82 Å². The second-order valence-corrected chi connectivity index (χ2v) is 4.91. The van der Waals surface area contributed by atoms with Crippen LogP contribution >= 0.6 is 0 Å². The molecule has 0 bridgehead atoms. The smallest absolute Gasteiger partial charge is 0.415 e. The molecule has 0 saturated carbocycles. The van der Waals surface area contributed by atoms with Crippen molar-refractivity contribution in [1.29, 1.82) is 0 Å². The minimum Gasteiger partial charge on any atom is -0.443 e. The van der Waals surface area contributed by atoms with Crippen LogP contribution in [0.15, 0.2) is 6.07 Å². The van der Waals surface area contributed by atoms with E-state index in [1.807, 2.05) is 0 Å². The van der Waals surface area contributed by atoms with Crippen molar-refractivity contribution in [2.24, 2.45) is 12.8 Å². The van der Waals surface area contributed by atoms with Gasteiger partial charge in [-0.2, -0.15) is 5.10 Å². The van der Waals surface area contributed by atoms with Crippen molar-refractivity contribution < 1.29 is 14.3 Å². The van der Waals surface area contributed by atoms with Gasteiger partial charge in [0, 0.05) is 20.2 Å². The summed E-state index contributed by atoms with van der Waals surface area (Å²) in [5, 5.41) is 4.02. The number of primary amides is 1. The number of rotatable bonds is 2. The lowest BCUT2D eigenvalue weighted by Crippen LogP contribution is -2.34. The highest BCUT2D eigenvalue weighted by Crippen LogP contribution is 2.16. The average molecular weight is 254 g/mol. The van der Waals surface area contributed by atoms with Crippen LogP contribution in [-0.2, 0) is 11.8 Å². The molecule has 0 fully saturated rings. The molecule has 0 aromatic carbocycles. The number of carbonyl (C=O) groups excluding carboxylic acids is 2. The van der Waals surface area contributed by atoms with Crippen LogP contribution in [0.1, 0.15) is 31.3 Å². The SMILES string of the molecule is CN(C(=O)OC(C)(C)C)c1cc(C(N)=O)n(C)n1. The maximum Gasteiger partial charge on any atom is 0.415 e. The van der Waals surface area contributed by atoms with E-state index in [4.69, 9.17) is 10.5 Å². The van der Waals surface area contributed by atoms with Crippen molar-refractivity contribution in [3.8, 4) is 0 Å². The first-order chi connectivity index (χ1) is 8.11. The van der Waals surface area contributed by atoms with E-state index in [0.717, 1.165) is 0 Å². The van der Waals surface area contributed by atoms with Gasteiger partial charge in [-0.25, -0.2) is 4.79 Å². The second-order valence-electron chi connectivity index (χ2n) is 4.91. The molecular formula is C11H18N4O3. The van der Waals surface area contributed by atoms with Gasteiger partial charge in [0.25, 0.3) is 5.91 Å². The van der Waals surface area contributed by atoms with Gasteiger partial charge in [-0.1, -0.05) is 0 Å². The molecule has 0 aliphatic rings. The Hall–Kier alpha value is -2.05. The molecule has 0 unspecified atom stereocenters. The van der Waals surface area contributed by atoms with Gasteiger partial charge in [-0.05, 0) is 20.8 Å². The lowest BCUT2D eigenvalue weighted by atomic mass is 10.2. The van der Waals surface area contributed by atoms with Crippen molar-refractivity contribution in [2.45, 2.75) is 26.4 Å². The third-order valence-electron chi connectivity index (χ3n) is 2.13. The van der Waals surface area contributed by atoms with Gasteiger partial charge < -0.3 is 10.5 Å². The monoisotopic (exact) mass is 254 g/mol. The summed E-state index contributed by atoms with van der Waals surface area (Å²) in [6, 6.07) is 1.44. The predicted molar refractivity (Wildman–Crippen MR) is 66.4 cm³/mol.